The molecule has 0 aliphatic carbocycles. The summed E-state index contributed by atoms with van der Waals surface area (Å²) >= 11 is 0. The number of nitrogens with zero attached hydrogens (tertiary/aromatic N) is 2. The van der Waals surface area contributed by atoms with Gasteiger partial charge in [0.2, 0.25) is 0 Å². The molecule has 4 rings (SSSR count). The first-order chi connectivity index (χ1) is 11.4. The van der Waals surface area contributed by atoms with Crippen LogP contribution in [0.3, 0.4) is 0 Å². The smallest absolute Gasteiger partial charge is 0.137 e. The van der Waals surface area contributed by atoms with E-state index in [0.717, 1.165) is 58.0 Å². The monoisotopic (exact) mass is 314 g/mol. The van der Waals surface area contributed by atoms with Crippen LogP contribution < -0.4 is 5.32 Å². The topological polar surface area (TPSA) is 53.2 Å². The number of piperidine rings is 1. The molecule has 2 aromatic heterocycles. The van der Waals surface area contributed by atoms with E-state index in [4.69, 9.17) is 4.74 Å². The molecule has 23 heavy (non-hydrogen) atoms. The average molecular weight is 314 g/mol. The average Bonchev–Trinajstić information content (AvgIpc) is 2.78. The number of nitrogens with one attached hydrogen (secondary N) is 2. The van der Waals surface area contributed by atoms with E-state index in [1.807, 2.05) is 12.3 Å². The molecule has 0 saturated carbocycles. The van der Waals surface area contributed by atoms with Gasteiger partial charge in [0, 0.05) is 56.0 Å². The number of fused-ring (bicyclic) bond motifs is 1. The molecule has 4 heterocycles. The van der Waals surface area contributed by atoms with Crippen LogP contribution in [0.2, 0.25) is 0 Å². The van der Waals surface area contributed by atoms with Gasteiger partial charge in [-0.3, -0.25) is 4.90 Å². The predicted octanol–water partition coefficient (Wildman–Crippen LogP) is 2.25. The lowest BCUT2D eigenvalue weighted by atomic mass is 9.93. The van der Waals surface area contributed by atoms with Gasteiger partial charge >= 0.3 is 0 Å². The summed E-state index contributed by atoms with van der Waals surface area (Å²) in [6.07, 6.45) is 5.52. The van der Waals surface area contributed by atoms with Gasteiger partial charge in [-0.2, -0.15) is 0 Å². The van der Waals surface area contributed by atoms with Gasteiger partial charge < -0.3 is 15.0 Å². The lowest BCUT2D eigenvalue weighted by Gasteiger charge is -2.25. The van der Waals surface area contributed by atoms with Gasteiger partial charge in [-0.15, -0.1) is 0 Å². The minimum atomic E-state index is 0.580. The number of aromatic nitrogens is 2. The number of hydrogen-bond acceptors (Lipinski definition) is 4. The molecule has 0 radical (unpaired) electrons. The highest BCUT2D eigenvalue weighted by atomic mass is 16.5. The van der Waals surface area contributed by atoms with Gasteiger partial charge in [0.05, 0.1) is 6.61 Å². The maximum Gasteiger partial charge on any atom is 0.137 e. The molecule has 5 heteroatoms. The van der Waals surface area contributed by atoms with Crippen molar-refractivity contribution in [3.05, 3.63) is 29.6 Å². The highest BCUT2D eigenvalue weighted by Crippen LogP contribution is 2.31. The summed E-state index contributed by atoms with van der Waals surface area (Å²) in [6, 6.07) is 4.26. The molecule has 1 atom stereocenters. The highest BCUT2D eigenvalue weighted by Gasteiger charge is 2.23. The summed E-state index contributed by atoms with van der Waals surface area (Å²) in [4.78, 5) is 10.7. The minimum Gasteiger partial charge on any atom is -0.380 e. The van der Waals surface area contributed by atoms with Crippen molar-refractivity contribution in [1.82, 2.24) is 20.2 Å². The number of aromatic amines is 1. The molecule has 0 spiro atoms. The summed E-state index contributed by atoms with van der Waals surface area (Å²) in [5.41, 5.74) is 3.88. The fourth-order valence-corrected chi connectivity index (χ4v) is 3.89. The molecule has 2 saturated heterocycles. The Hall–Kier alpha value is -1.43. The van der Waals surface area contributed by atoms with E-state index in [1.165, 1.54) is 29.5 Å². The Labute approximate surface area is 137 Å². The third kappa shape index (κ3) is 3.27. The zero-order chi connectivity index (χ0) is 15.5. The Morgan fingerprint density at radius 1 is 1.26 bits per heavy atom. The number of hydrogen-bond donors (Lipinski definition) is 2. The Morgan fingerprint density at radius 3 is 3.17 bits per heavy atom. The third-order valence-corrected chi connectivity index (χ3v) is 5.11. The summed E-state index contributed by atoms with van der Waals surface area (Å²) in [5.74, 6) is 0.580. The van der Waals surface area contributed by atoms with Crippen LogP contribution in [0, 0.1) is 0 Å². The van der Waals surface area contributed by atoms with Crippen molar-refractivity contribution < 1.29 is 4.74 Å². The molecule has 2 aliphatic rings. The SMILES string of the molecule is c1cnc2[nH]c([C@H]3CCCNC3)c(CN3CCCOCC3)c2c1. The zero-order valence-corrected chi connectivity index (χ0v) is 13.7. The van der Waals surface area contributed by atoms with Gasteiger partial charge in [0.1, 0.15) is 5.65 Å². The van der Waals surface area contributed by atoms with E-state index in [1.54, 1.807) is 0 Å². The Balaban J connectivity index is 1.67. The van der Waals surface area contributed by atoms with Gasteiger partial charge in [0.25, 0.3) is 0 Å². The molecule has 124 valence electrons. The highest BCUT2D eigenvalue weighted by molar-refractivity contribution is 5.81. The molecule has 0 aromatic carbocycles. The summed E-state index contributed by atoms with van der Waals surface area (Å²) in [6.45, 7) is 7.11. The minimum absolute atomic E-state index is 0.580. The first kappa shape index (κ1) is 15.1. The molecular formula is C18H26N4O. The summed E-state index contributed by atoms with van der Waals surface area (Å²) < 4.78 is 5.61. The maximum atomic E-state index is 5.61. The van der Waals surface area contributed by atoms with Crippen LogP contribution >= 0.6 is 0 Å². The molecule has 0 unspecified atom stereocenters. The van der Waals surface area contributed by atoms with Gasteiger partial charge in [-0.25, -0.2) is 4.98 Å². The first-order valence-corrected chi connectivity index (χ1v) is 8.88. The van der Waals surface area contributed by atoms with E-state index in [-0.39, 0.29) is 0 Å². The fourth-order valence-electron chi connectivity index (χ4n) is 3.89. The molecule has 2 fully saturated rings. The number of H-pyrrole nitrogens is 1. The van der Waals surface area contributed by atoms with Crippen molar-refractivity contribution in [1.29, 1.82) is 0 Å². The van der Waals surface area contributed by atoms with E-state index in [2.05, 4.69) is 26.3 Å². The number of pyridine rings is 1. The second kappa shape index (κ2) is 6.99. The van der Waals surface area contributed by atoms with Crippen molar-refractivity contribution in [2.45, 2.75) is 31.7 Å². The lowest BCUT2D eigenvalue weighted by Crippen LogP contribution is -2.30. The largest absolute Gasteiger partial charge is 0.380 e. The maximum absolute atomic E-state index is 5.61. The van der Waals surface area contributed by atoms with Crippen molar-refractivity contribution in [3.8, 4) is 0 Å². The second-order valence-corrected chi connectivity index (χ2v) is 6.70. The summed E-state index contributed by atoms with van der Waals surface area (Å²) in [5, 5.41) is 4.83. The Morgan fingerprint density at radius 2 is 2.26 bits per heavy atom. The molecule has 0 amide bonds. The second-order valence-electron chi connectivity index (χ2n) is 6.70. The van der Waals surface area contributed by atoms with Crippen LogP contribution in [0.15, 0.2) is 18.3 Å². The van der Waals surface area contributed by atoms with E-state index < -0.39 is 0 Å². The van der Waals surface area contributed by atoms with Crippen LogP contribution in [0.5, 0.6) is 0 Å². The third-order valence-electron chi connectivity index (χ3n) is 5.11. The molecule has 2 N–H and O–H groups in total. The van der Waals surface area contributed by atoms with Crippen LogP contribution in [0.4, 0.5) is 0 Å². The Kier molecular flexibility index (Phi) is 4.60. The van der Waals surface area contributed by atoms with E-state index in [0.29, 0.717) is 5.92 Å². The van der Waals surface area contributed by atoms with E-state index in [9.17, 15) is 0 Å². The summed E-state index contributed by atoms with van der Waals surface area (Å²) in [7, 11) is 0. The zero-order valence-electron chi connectivity index (χ0n) is 13.7. The number of ether oxygens (including phenoxy) is 1. The molecule has 2 aromatic rings. The molecule has 5 nitrogen and oxygen atoms in total. The fraction of sp³-hybridized carbons (Fsp3) is 0.611. The molecular weight excluding hydrogens is 288 g/mol. The van der Waals surface area contributed by atoms with Crippen LogP contribution in [0.25, 0.3) is 11.0 Å². The van der Waals surface area contributed by atoms with Gasteiger partial charge in [-0.1, -0.05) is 0 Å². The molecule has 2 aliphatic heterocycles. The standard InChI is InChI=1S/C18H26N4O/c1-4-14(12-19-6-1)17-16(13-22-8-3-10-23-11-9-22)15-5-2-7-20-18(15)21-17/h2,5,7,14,19H,1,3-4,6,8-13H2,(H,20,21)/t14-/m0/s1. The van der Waals surface area contributed by atoms with Crippen LogP contribution in [-0.2, 0) is 11.3 Å². The Bertz CT molecular complexity index is 640. The van der Waals surface area contributed by atoms with Crippen LogP contribution in [0.1, 0.15) is 36.4 Å². The van der Waals surface area contributed by atoms with E-state index >= 15 is 0 Å². The van der Waals surface area contributed by atoms with Crippen molar-refractivity contribution >= 4 is 11.0 Å². The van der Waals surface area contributed by atoms with Crippen molar-refractivity contribution in [2.75, 3.05) is 39.4 Å². The van der Waals surface area contributed by atoms with Crippen LogP contribution in [-0.4, -0.2) is 54.3 Å². The normalized spacial score (nSPS) is 23.9. The molecule has 0 bridgehead atoms. The lowest BCUT2D eigenvalue weighted by molar-refractivity contribution is 0.140. The quantitative estimate of drug-likeness (QED) is 0.912. The van der Waals surface area contributed by atoms with Crippen molar-refractivity contribution in [2.24, 2.45) is 0 Å². The van der Waals surface area contributed by atoms with Gasteiger partial charge in [-0.05, 0) is 43.5 Å². The first-order valence-electron chi connectivity index (χ1n) is 8.88. The van der Waals surface area contributed by atoms with Crippen molar-refractivity contribution in [3.63, 3.8) is 0 Å². The van der Waals surface area contributed by atoms with Gasteiger partial charge in [0.15, 0.2) is 0 Å². The predicted molar refractivity (Wildman–Crippen MR) is 91.7 cm³/mol. The number of rotatable bonds is 3.